The zero-order valence-corrected chi connectivity index (χ0v) is 10.4. The summed E-state index contributed by atoms with van der Waals surface area (Å²) in [6, 6.07) is 0.101. The largest absolute Gasteiger partial charge is 0.327 e. The number of ketones is 1. The number of Topliss-reactive ketones (excluding diaryl/α,β-unsaturated/α-hetero) is 1. The highest BCUT2D eigenvalue weighted by atomic mass is 16.1. The van der Waals surface area contributed by atoms with Crippen molar-refractivity contribution in [2.45, 2.75) is 65.3 Å². The van der Waals surface area contributed by atoms with Gasteiger partial charge in [-0.2, -0.15) is 0 Å². The van der Waals surface area contributed by atoms with E-state index in [9.17, 15) is 4.79 Å². The van der Waals surface area contributed by atoms with Crippen LogP contribution in [0, 0.1) is 11.3 Å². The summed E-state index contributed by atoms with van der Waals surface area (Å²) in [4.78, 5) is 12.1. The Morgan fingerprint density at radius 2 is 2.20 bits per heavy atom. The molecule has 0 aromatic heterocycles. The summed E-state index contributed by atoms with van der Waals surface area (Å²) in [6.07, 6.45) is 6.03. The molecule has 2 unspecified atom stereocenters. The van der Waals surface area contributed by atoms with Gasteiger partial charge in [-0.05, 0) is 25.2 Å². The first-order chi connectivity index (χ1) is 6.97. The zero-order chi connectivity index (χ0) is 11.5. The van der Waals surface area contributed by atoms with Crippen molar-refractivity contribution in [2.24, 2.45) is 17.1 Å². The summed E-state index contributed by atoms with van der Waals surface area (Å²) in [7, 11) is 0. The Bertz CT molecular complexity index is 225. The average molecular weight is 211 g/mol. The molecule has 0 bridgehead atoms. The molecule has 0 aromatic rings. The molecule has 0 spiro atoms. The minimum atomic E-state index is -0.211. The van der Waals surface area contributed by atoms with Crippen molar-refractivity contribution in [3.05, 3.63) is 0 Å². The molecule has 0 amide bonds. The molecule has 0 aliphatic heterocycles. The Labute approximate surface area is 93.6 Å². The maximum Gasteiger partial charge on any atom is 0.140 e. The molecule has 1 aliphatic carbocycles. The number of carbonyl (C=O) groups excluding carboxylic acids is 1. The Kier molecular flexibility index (Phi) is 4.32. The third-order valence-electron chi connectivity index (χ3n) is 3.85. The molecule has 2 heteroatoms. The van der Waals surface area contributed by atoms with E-state index in [-0.39, 0.29) is 11.5 Å². The summed E-state index contributed by atoms with van der Waals surface area (Å²) >= 11 is 0. The molecule has 88 valence electrons. The van der Waals surface area contributed by atoms with Crippen LogP contribution in [0.2, 0.25) is 0 Å². The summed E-state index contributed by atoms with van der Waals surface area (Å²) in [5.41, 5.74) is 5.81. The van der Waals surface area contributed by atoms with Crippen LogP contribution in [0.15, 0.2) is 0 Å². The third-order valence-corrected chi connectivity index (χ3v) is 3.85. The fraction of sp³-hybridized carbons (Fsp3) is 0.923. The van der Waals surface area contributed by atoms with E-state index in [2.05, 4.69) is 20.8 Å². The smallest absolute Gasteiger partial charge is 0.140 e. The van der Waals surface area contributed by atoms with Crippen LogP contribution >= 0.6 is 0 Å². The van der Waals surface area contributed by atoms with Gasteiger partial charge in [-0.25, -0.2) is 0 Å². The molecular formula is C13H25NO. The first kappa shape index (κ1) is 12.7. The maximum atomic E-state index is 12.1. The van der Waals surface area contributed by atoms with E-state index in [0.29, 0.717) is 11.7 Å². The standard InChI is InChI=1S/C13H25NO/c1-10(2)6-4-8-12(15)13(3)9-5-7-11(13)14/h10-11H,4-9,14H2,1-3H3. The van der Waals surface area contributed by atoms with E-state index in [1.165, 1.54) is 0 Å². The number of rotatable bonds is 5. The van der Waals surface area contributed by atoms with E-state index >= 15 is 0 Å². The molecule has 15 heavy (non-hydrogen) atoms. The van der Waals surface area contributed by atoms with Crippen molar-refractivity contribution in [2.75, 3.05) is 0 Å². The summed E-state index contributed by atoms with van der Waals surface area (Å²) < 4.78 is 0. The molecule has 2 N–H and O–H groups in total. The molecular weight excluding hydrogens is 186 g/mol. The van der Waals surface area contributed by atoms with Crippen molar-refractivity contribution >= 4 is 5.78 Å². The van der Waals surface area contributed by atoms with Gasteiger partial charge in [-0.15, -0.1) is 0 Å². The van der Waals surface area contributed by atoms with E-state index < -0.39 is 0 Å². The number of hydrogen-bond donors (Lipinski definition) is 1. The molecule has 1 rings (SSSR count). The fourth-order valence-electron chi connectivity index (χ4n) is 2.50. The maximum absolute atomic E-state index is 12.1. The minimum Gasteiger partial charge on any atom is -0.327 e. The predicted octanol–water partition coefficient (Wildman–Crippen LogP) is 2.90. The second-order valence-corrected chi connectivity index (χ2v) is 5.63. The average Bonchev–Trinajstić information content (AvgIpc) is 2.47. The lowest BCUT2D eigenvalue weighted by atomic mass is 9.78. The van der Waals surface area contributed by atoms with Crippen molar-refractivity contribution < 1.29 is 4.79 Å². The molecule has 1 saturated carbocycles. The van der Waals surface area contributed by atoms with Crippen molar-refractivity contribution in [3.8, 4) is 0 Å². The molecule has 0 heterocycles. The summed E-state index contributed by atoms with van der Waals surface area (Å²) in [6.45, 7) is 6.46. The van der Waals surface area contributed by atoms with Crippen LogP contribution in [0.5, 0.6) is 0 Å². The van der Waals surface area contributed by atoms with Gasteiger partial charge in [0.1, 0.15) is 5.78 Å². The third kappa shape index (κ3) is 3.04. The van der Waals surface area contributed by atoms with Gasteiger partial charge in [0.15, 0.2) is 0 Å². The van der Waals surface area contributed by atoms with Gasteiger partial charge in [0, 0.05) is 17.9 Å². The van der Waals surface area contributed by atoms with E-state index in [1.54, 1.807) is 0 Å². The first-order valence-electron chi connectivity index (χ1n) is 6.25. The van der Waals surface area contributed by atoms with Gasteiger partial charge in [0.05, 0.1) is 0 Å². The van der Waals surface area contributed by atoms with Gasteiger partial charge in [-0.3, -0.25) is 4.79 Å². The molecule has 0 aromatic carbocycles. The zero-order valence-electron chi connectivity index (χ0n) is 10.4. The van der Waals surface area contributed by atoms with Gasteiger partial charge >= 0.3 is 0 Å². The van der Waals surface area contributed by atoms with Gasteiger partial charge in [0.25, 0.3) is 0 Å². The van der Waals surface area contributed by atoms with Gasteiger partial charge in [-0.1, -0.05) is 33.6 Å². The van der Waals surface area contributed by atoms with Gasteiger partial charge < -0.3 is 5.73 Å². The highest BCUT2D eigenvalue weighted by Gasteiger charge is 2.41. The molecule has 0 saturated heterocycles. The van der Waals surface area contributed by atoms with E-state index in [1.807, 2.05) is 0 Å². The minimum absolute atomic E-state index is 0.101. The van der Waals surface area contributed by atoms with Crippen LogP contribution in [0.3, 0.4) is 0 Å². The second-order valence-electron chi connectivity index (χ2n) is 5.63. The lowest BCUT2D eigenvalue weighted by Crippen LogP contribution is -2.41. The normalized spacial score (nSPS) is 31.1. The van der Waals surface area contributed by atoms with Crippen molar-refractivity contribution in [1.82, 2.24) is 0 Å². The Balaban J connectivity index is 2.39. The lowest BCUT2D eigenvalue weighted by Gasteiger charge is -2.27. The molecule has 1 aliphatic rings. The van der Waals surface area contributed by atoms with Crippen LogP contribution in [0.1, 0.15) is 59.3 Å². The highest BCUT2D eigenvalue weighted by Crippen LogP contribution is 2.38. The Hall–Kier alpha value is -0.370. The second kappa shape index (κ2) is 5.11. The molecule has 0 radical (unpaired) electrons. The quantitative estimate of drug-likeness (QED) is 0.760. The highest BCUT2D eigenvalue weighted by molar-refractivity contribution is 5.85. The monoisotopic (exact) mass is 211 g/mol. The van der Waals surface area contributed by atoms with E-state index in [0.717, 1.165) is 38.5 Å². The van der Waals surface area contributed by atoms with E-state index in [4.69, 9.17) is 5.73 Å². The Morgan fingerprint density at radius 3 is 2.67 bits per heavy atom. The number of carbonyl (C=O) groups is 1. The summed E-state index contributed by atoms with van der Waals surface area (Å²) in [5, 5.41) is 0. The topological polar surface area (TPSA) is 43.1 Å². The predicted molar refractivity (Wildman–Crippen MR) is 63.6 cm³/mol. The van der Waals surface area contributed by atoms with Crippen LogP contribution in [-0.2, 0) is 4.79 Å². The summed E-state index contributed by atoms with van der Waals surface area (Å²) in [5.74, 6) is 1.09. The Morgan fingerprint density at radius 1 is 1.53 bits per heavy atom. The molecule has 2 atom stereocenters. The SMILES string of the molecule is CC(C)CCCC(=O)C1(C)CCCC1N. The number of nitrogens with two attached hydrogens (primary N) is 1. The number of hydrogen-bond acceptors (Lipinski definition) is 2. The first-order valence-corrected chi connectivity index (χ1v) is 6.25. The van der Waals surface area contributed by atoms with Crippen LogP contribution in [0.4, 0.5) is 0 Å². The van der Waals surface area contributed by atoms with Crippen LogP contribution in [0.25, 0.3) is 0 Å². The van der Waals surface area contributed by atoms with Crippen LogP contribution in [-0.4, -0.2) is 11.8 Å². The molecule has 1 fully saturated rings. The van der Waals surface area contributed by atoms with Crippen molar-refractivity contribution in [1.29, 1.82) is 0 Å². The van der Waals surface area contributed by atoms with Crippen molar-refractivity contribution in [3.63, 3.8) is 0 Å². The fourth-order valence-corrected chi connectivity index (χ4v) is 2.50. The van der Waals surface area contributed by atoms with Crippen LogP contribution < -0.4 is 5.73 Å². The van der Waals surface area contributed by atoms with Gasteiger partial charge in [0.2, 0.25) is 0 Å². The molecule has 2 nitrogen and oxygen atoms in total. The lowest BCUT2D eigenvalue weighted by molar-refractivity contribution is -0.128.